The summed E-state index contributed by atoms with van der Waals surface area (Å²) in [5, 5.41) is 3.92. The molecule has 0 radical (unpaired) electrons. The lowest BCUT2D eigenvalue weighted by Gasteiger charge is -2.13. The monoisotopic (exact) mass is 307 g/mol. The highest BCUT2D eigenvalue weighted by Gasteiger charge is 2.11. The van der Waals surface area contributed by atoms with E-state index >= 15 is 0 Å². The summed E-state index contributed by atoms with van der Waals surface area (Å²) in [6.07, 6.45) is 0. The van der Waals surface area contributed by atoms with E-state index in [4.69, 9.17) is 16.3 Å². The molecule has 0 aliphatic carbocycles. The highest BCUT2D eigenvalue weighted by molar-refractivity contribution is 6.33. The lowest BCUT2D eigenvalue weighted by molar-refractivity contribution is 0.415. The van der Waals surface area contributed by atoms with Crippen LogP contribution in [0.1, 0.15) is 19.4 Å². The van der Waals surface area contributed by atoms with E-state index in [0.29, 0.717) is 22.4 Å². The molecule has 0 unspecified atom stereocenters. The van der Waals surface area contributed by atoms with Gasteiger partial charge in [0.1, 0.15) is 11.6 Å². The average Bonchev–Trinajstić information content (AvgIpc) is 2.45. The first-order chi connectivity index (χ1) is 10.0. The SMILES string of the molecule is COc1ccc(F)cc1-c1ccc(CNC(C)C)cc1Cl. The second kappa shape index (κ2) is 6.92. The summed E-state index contributed by atoms with van der Waals surface area (Å²) in [5.74, 6) is 0.291. The van der Waals surface area contributed by atoms with Crippen LogP contribution in [-0.4, -0.2) is 13.2 Å². The van der Waals surface area contributed by atoms with Gasteiger partial charge in [0.15, 0.2) is 0 Å². The van der Waals surface area contributed by atoms with Crippen molar-refractivity contribution in [3.63, 3.8) is 0 Å². The number of hydrogen-bond acceptors (Lipinski definition) is 2. The number of hydrogen-bond donors (Lipinski definition) is 1. The zero-order valence-electron chi connectivity index (χ0n) is 12.4. The van der Waals surface area contributed by atoms with Crippen molar-refractivity contribution < 1.29 is 9.13 Å². The Balaban J connectivity index is 2.35. The van der Waals surface area contributed by atoms with Gasteiger partial charge in [0.05, 0.1) is 7.11 Å². The standard InChI is InChI=1S/C17H19ClFNO/c1-11(2)20-10-12-4-6-14(16(18)8-12)15-9-13(19)5-7-17(15)21-3/h4-9,11,20H,10H2,1-3H3. The van der Waals surface area contributed by atoms with Crippen molar-refractivity contribution >= 4 is 11.6 Å². The minimum absolute atomic E-state index is 0.313. The van der Waals surface area contributed by atoms with Crippen LogP contribution in [0.25, 0.3) is 11.1 Å². The molecule has 0 aliphatic rings. The Hall–Kier alpha value is -1.58. The summed E-state index contributed by atoms with van der Waals surface area (Å²) in [6.45, 7) is 4.93. The Kier molecular flexibility index (Phi) is 5.21. The molecule has 112 valence electrons. The molecule has 0 heterocycles. The van der Waals surface area contributed by atoms with E-state index in [0.717, 1.165) is 17.7 Å². The van der Waals surface area contributed by atoms with E-state index in [2.05, 4.69) is 19.2 Å². The number of nitrogens with one attached hydrogen (secondary N) is 1. The van der Waals surface area contributed by atoms with Gasteiger partial charge in [-0.2, -0.15) is 0 Å². The van der Waals surface area contributed by atoms with Crippen LogP contribution in [0.5, 0.6) is 5.75 Å². The lowest BCUT2D eigenvalue weighted by atomic mass is 10.0. The fourth-order valence-electron chi connectivity index (χ4n) is 2.10. The van der Waals surface area contributed by atoms with Gasteiger partial charge in [0, 0.05) is 28.7 Å². The molecule has 0 aromatic heterocycles. The molecule has 0 amide bonds. The molecule has 0 fully saturated rings. The Labute approximate surface area is 129 Å². The molecular formula is C17H19ClFNO. The van der Waals surface area contributed by atoms with Crippen LogP contribution in [-0.2, 0) is 6.54 Å². The summed E-state index contributed by atoms with van der Waals surface area (Å²) in [7, 11) is 1.56. The molecule has 1 N–H and O–H groups in total. The third-order valence-electron chi connectivity index (χ3n) is 3.20. The zero-order valence-corrected chi connectivity index (χ0v) is 13.2. The van der Waals surface area contributed by atoms with Gasteiger partial charge in [-0.25, -0.2) is 4.39 Å². The predicted octanol–water partition coefficient (Wildman–Crippen LogP) is 4.65. The number of rotatable bonds is 5. The molecule has 2 aromatic rings. The highest BCUT2D eigenvalue weighted by Crippen LogP contribution is 2.35. The molecule has 4 heteroatoms. The summed E-state index contributed by atoms with van der Waals surface area (Å²) in [6, 6.07) is 10.6. The summed E-state index contributed by atoms with van der Waals surface area (Å²) in [4.78, 5) is 0. The molecule has 21 heavy (non-hydrogen) atoms. The number of benzene rings is 2. The molecule has 0 aliphatic heterocycles. The summed E-state index contributed by atoms with van der Waals surface area (Å²) in [5.41, 5.74) is 2.51. The van der Waals surface area contributed by atoms with E-state index in [1.165, 1.54) is 12.1 Å². The van der Waals surface area contributed by atoms with Gasteiger partial charge in [-0.3, -0.25) is 0 Å². The first-order valence-electron chi connectivity index (χ1n) is 6.87. The Morgan fingerprint density at radius 1 is 1.14 bits per heavy atom. The maximum atomic E-state index is 13.5. The van der Waals surface area contributed by atoms with Crippen LogP contribution in [0.3, 0.4) is 0 Å². The van der Waals surface area contributed by atoms with Gasteiger partial charge in [0.25, 0.3) is 0 Å². The second-order valence-electron chi connectivity index (χ2n) is 5.19. The maximum absolute atomic E-state index is 13.5. The van der Waals surface area contributed by atoms with Crippen LogP contribution in [0.4, 0.5) is 4.39 Å². The molecular weight excluding hydrogens is 289 g/mol. The van der Waals surface area contributed by atoms with E-state index in [-0.39, 0.29) is 5.82 Å². The van der Waals surface area contributed by atoms with Crippen molar-refractivity contribution in [2.24, 2.45) is 0 Å². The normalized spacial score (nSPS) is 11.0. The van der Waals surface area contributed by atoms with Crippen molar-refractivity contribution in [1.82, 2.24) is 5.32 Å². The van der Waals surface area contributed by atoms with Crippen molar-refractivity contribution in [2.75, 3.05) is 7.11 Å². The van der Waals surface area contributed by atoms with Crippen molar-refractivity contribution in [3.8, 4) is 16.9 Å². The van der Waals surface area contributed by atoms with Gasteiger partial charge < -0.3 is 10.1 Å². The van der Waals surface area contributed by atoms with Crippen LogP contribution in [0.2, 0.25) is 5.02 Å². The molecule has 0 bridgehead atoms. The first kappa shape index (κ1) is 15.8. The van der Waals surface area contributed by atoms with Crippen LogP contribution in [0.15, 0.2) is 36.4 Å². The number of ether oxygens (including phenoxy) is 1. The fourth-order valence-corrected chi connectivity index (χ4v) is 2.40. The maximum Gasteiger partial charge on any atom is 0.126 e. The van der Waals surface area contributed by atoms with E-state index in [1.54, 1.807) is 13.2 Å². The lowest BCUT2D eigenvalue weighted by Crippen LogP contribution is -2.21. The molecule has 0 saturated carbocycles. The minimum Gasteiger partial charge on any atom is -0.496 e. The van der Waals surface area contributed by atoms with Crippen molar-refractivity contribution in [2.45, 2.75) is 26.4 Å². The van der Waals surface area contributed by atoms with Crippen molar-refractivity contribution in [1.29, 1.82) is 0 Å². The van der Waals surface area contributed by atoms with Crippen molar-refractivity contribution in [3.05, 3.63) is 52.8 Å². The molecule has 2 rings (SSSR count). The number of halogens is 2. The van der Waals surface area contributed by atoms with Gasteiger partial charge in [-0.15, -0.1) is 0 Å². The highest BCUT2D eigenvalue weighted by atomic mass is 35.5. The number of methoxy groups -OCH3 is 1. The van der Waals surface area contributed by atoms with Crippen LogP contribution in [0, 0.1) is 5.82 Å². The van der Waals surface area contributed by atoms with Gasteiger partial charge in [0.2, 0.25) is 0 Å². The quantitative estimate of drug-likeness (QED) is 0.868. The third kappa shape index (κ3) is 3.96. The molecule has 2 aromatic carbocycles. The van der Waals surface area contributed by atoms with Gasteiger partial charge >= 0.3 is 0 Å². The van der Waals surface area contributed by atoms with Crippen LogP contribution >= 0.6 is 11.6 Å². The largest absolute Gasteiger partial charge is 0.496 e. The van der Waals surface area contributed by atoms with Crippen LogP contribution < -0.4 is 10.1 Å². The Morgan fingerprint density at radius 3 is 2.52 bits per heavy atom. The minimum atomic E-state index is -0.313. The average molecular weight is 308 g/mol. The predicted molar refractivity (Wildman–Crippen MR) is 85.4 cm³/mol. The first-order valence-corrected chi connectivity index (χ1v) is 7.24. The Bertz CT molecular complexity index is 628. The Morgan fingerprint density at radius 2 is 1.90 bits per heavy atom. The van der Waals surface area contributed by atoms with E-state index < -0.39 is 0 Å². The molecule has 2 nitrogen and oxygen atoms in total. The third-order valence-corrected chi connectivity index (χ3v) is 3.51. The van der Waals surface area contributed by atoms with E-state index in [9.17, 15) is 4.39 Å². The molecule has 0 spiro atoms. The van der Waals surface area contributed by atoms with Gasteiger partial charge in [-0.1, -0.05) is 37.6 Å². The van der Waals surface area contributed by atoms with Gasteiger partial charge in [-0.05, 0) is 29.8 Å². The summed E-state index contributed by atoms with van der Waals surface area (Å²) >= 11 is 6.35. The van der Waals surface area contributed by atoms with E-state index in [1.807, 2.05) is 18.2 Å². The summed E-state index contributed by atoms with van der Waals surface area (Å²) < 4.78 is 18.8. The smallest absolute Gasteiger partial charge is 0.126 e. The fraction of sp³-hybridized carbons (Fsp3) is 0.294. The zero-order chi connectivity index (χ0) is 15.4. The molecule has 0 atom stereocenters. The molecule has 0 saturated heterocycles. The second-order valence-corrected chi connectivity index (χ2v) is 5.60. The topological polar surface area (TPSA) is 21.3 Å².